The minimum absolute atomic E-state index is 0.260. The first-order valence-corrected chi connectivity index (χ1v) is 8.31. The molecule has 2 aromatic carbocycles. The molecule has 2 unspecified atom stereocenters. The van der Waals surface area contributed by atoms with Crippen molar-refractivity contribution in [2.45, 2.75) is 25.5 Å². The molecule has 7 heteroatoms. The first-order chi connectivity index (χ1) is 12.9. The number of oxime groups is 1. The summed E-state index contributed by atoms with van der Waals surface area (Å²) in [7, 11) is 0. The molecule has 0 fully saturated rings. The third-order valence-electron chi connectivity index (χ3n) is 4.12. The molecule has 1 aliphatic rings. The molecule has 0 aromatic heterocycles. The Morgan fingerprint density at radius 3 is 2.81 bits per heavy atom. The van der Waals surface area contributed by atoms with Gasteiger partial charge in [0.25, 0.3) is 0 Å². The SMILES string of the molecule is CC(C#Cc1cccc(C2CC(c3ccc(F)cc3)=NO2)c1)N(O)C(N)=O. The van der Waals surface area contributed by atoms with E-state index < -0.39 is 12.1 Å². The van der Waals surface area contributed by atoms with Crippen LogP contribution in [-0.4, -0.2) is 28.1 Å². The normalized spacial score (nSPS) is 16.6. The Kier molecular flexibility index (Phi) is 5.38. The average Bonchev–Trinajstić information content (AvgIpc) is 3.16. The number of hydroxylamine groups is 2. The number of urea groups is 1. The van der Waals surface area contributed by atoms with Crippen molar-refractivity contribution in [1.82, 2.24) is 5.06 Å². The van der Waals surface area contributed by atoms with Gasteiger partial charge in [-0.15, -0.1) is 0 Å². The van der Waals surface area contributed by atoms with Gasteiger partial charge in [-0.05, 0) is 42.3 Å². The van der Waals surface area contributed by atoms with E-state index in [1.54, 1.807) is 19.1 Å². The number of carbonyl (C=O) groups is 1. The van der Waals surface area contributed by atoms with Crippen molar-refractivity contribution < 1.29 is 19.2 Å². The van der Waals surface area contributed by atoms with Crippen LogP contribution in [0.4, 0.5) is 9.18 Å². The van der Waals surface area contributed by atoms with Crippen molar-refractivity contribution in [3.05, 3.63) is 71.0 Å². The summed E-state index contributed by atoms with van der Waals surface area (Å²) in [6.07, 6.45) is 0.301. The van der Waals surface area contributed by atoms with Gasteiger partial charge in [0.15, 0.2) is 6.10 Å². The van der Waals surface area contributed by atoms with Crippen LogP contribution in [0.1, 0.15) is 36.1 Å². The molecule has 2 amide bonds. The Balaban J connectivity index is 1.70. The lowest BCUT2D eigenvalue weighted by Gasteiger charge is -2.14. The monoisotopic (exact) mass is 367 g/mol. The third kappa shape index (κ3) is 4.43. The predicted octanol–water partition coefficient (Wildman–Crippen LogP) is 3.20. The number of amides is 2. The molecule has 1 heterocycles. The first kappa shape index (κ1) is 18.4. The molecule has 2 atom stereocenters. The Morgan fingerprint density at radius 2 is 2.11 bits per heavy atom. The highest BCUT2D eigenvalue weighted by atomic mass is 19.1. The average molecular weight is 367 g/mol. The highest BCUT2D eigenvalue weighted by Crippen LogP contribution is 2.29. The Hall–Kier alpha value is -3.37. The second kappa shape index (κ2) is 7.89. The summed E-state index contributed by atoms with van der Waals surface area (Å²) in [5.41, 5.74) is 8.17. The summed E-state index contributed by atoms with van der Waals surface area (Å²) >= 11 is 0. The summed E-state index contributed by atoms with van der Waals surface area (Å²) in [5.74, 6) is 5.36. The van der Waals surface area contributed by atoms with E-state index in [4.69, 9.17) is 10.6 Å². The molecular formula is C20H18FN3O3. The molecule has 0 saturated heterocycles. The Morgan fingerprint density at radius 1 is 1.37 bits per heavy atom. The fourth-order valence-electron chi connectivity index (χ4n) is 2.63. The van der Waals surface area contributed by atoms with Gasteiger partial charge in [-0.2, -0.15) is 5.06 Å². The quantitative estimate of drug-likeness (QED) is 0.496. The highest BCUT2D eigenvalue weighted by molar-refractivity contribution is 6.01. The lowest BCUT2D eigenvalue weighted by Crippen LogP contribution is -2.38. The fraction of sp³-hybridized carbons (Fsp3) is 0.200. The van der Waals surface area contributed by atoms with Crippen LogP contribution < -0.4 is 5.73 Å². The summed E-state index contributed by atoms with van der Waals surface area (Å²) in [4.78, 5) is 16.4. The summed E-state index contributed by atoms with van der Waals surface area (Å²) < 4.78 is 13.1. The van der Waals surface area contributed by atoms with Crippen molar-refractivity contribution in [3.8, 4) is 11.8 Å². The van der Waals surface area contributed by atoms with Gasteiger partial charge in [0.05, 0.1) is 5.71 Å². The van der Waals surface area contributed by atoms with Crippen molar-refractivity contribution in [2.24, 2.45) is 10.9 Å². The maximum Gasteiger partial charge on any atom is 0.339 e. The van der Waals surface area contributed by atoms with Crippen LogP contribution in [0.25, 0.3) is 0 Å². The van der Waals surface area contributed by atoms with E-state index >= 15 is 0 Å². The van der Waals surface area contributed by atoms with E-state index in [0.29, 0.717) is 17.0 Å². The van der Waals surface area contributed by atoms with Crippen LogP contribution >= 0.6 is 0 Å². The van der Waals surface area contributed by atoms with Crippen LogP contribution in [0.2, 0.25) is 0 Å². The number of nitrogens with zero attached hydrogens (tertiary/aromatic N) is 2. The second-order valence-corrected chi connectivity index (χ2v) is 6.10. The molecule has 3 N–H and O–H groups in total. The van der Waals surface area contributed by atoms with Gasteiger partial charge >= 0.3 is 6.03 Å². The van der Waals surface area contributed by atoms with Crippen molar-refractivity contribution in [1.29, 1.82) is 0 Å². The molecule has 0 saturated carbocycles. The smallest absolute Gasteiger partial charge is 0.339 e. The number of nitrogens with two attached hydrogens (primary N) is 1. The summed E-state index contributed by atoms with van der Waals surface area (Å²) in [5, 5.41) is 13.9. The maximum absolute atomic E-state index is 13.1. The van der Waals surface area contributed by atoms with Crippen LogP contribution in [0.5, 0.6) is 0 Å². The van der Waals surface area contributed by atoms with Gasteiger partial charge in [0.2, 0.25) is 0 Å². The number of primary amides is 1. The highest BCUT2D eigenvalue weighted by Gasteiger charge is 2.24. The molecule has 0 aliphatic carbocycles. The minimum Gasteiger partial charge on any atom is -0.387 e. The number of rotatable bonds is 3. The number of halogens is 1. The number of carbonyl (C=O) groups excluding carboxylic acids is 1. The van der Waals surface area contributed by atoms with E-state index in [-0.39, 0.29) is 11.9 Å². The fourth-order valence-corrected chi connectivity index (χ4v) is 2.63. The van der Waals surface area contributed by atoms with E-state index in [1.807, 2.05) is 24.3 Å². The van der Waals surface area contributed by atoms with Gasteiger partial charge in [0, 0.05) is 12.0 Å². The van der Waals surface area contributed by atoms with Gasteiger partial charge < -0.3 is 10.6 Å². The van der Waals surface area contributed by atoms with Crippen LogP contribution in [-0.2, 0) is 4.84 Å². The topological polar surface area (TPSA) is 88.2 Å². The summed E-state index contributed by atoms with van der Waals surface area (Å²) in [6, 6.07) is 11.8. The van der Waals surface area contributed by atoms with Crippen molar-refractivity contribution in [2.75, 3.05) is 0 Å². The molecule has 0 bridgehead atoms. The van der Waals surface area contributed by atoms with Crippen molar-refractivity contribution in [3.63, 3.8) is 0 Å². The Bertz CT molecular complexity index is 931. The van der Waals surface area contributed by atoms with E-state index in [9.17, 15) is 14.4 Å². The summed E-state index contributed by atoms with van der Waals surface area (Å²) in [6.45, 7) is 1.56. The first-order valence-electron chi connectivity index (χ1n) is 8.31. The standard InChI is InChI=1S/C20H18FN3O3/c1-13(24(26)20(22)25)5-6-14-3-2-4-16(11-14)19-12-18(23-27-19)15-7-9-17(21)10-8-15/h2-4,7-11,13,19,26H,12H2,1H3,(H2,22,25). The Labute approximate surface area is 156 Å². The van der Waals surface area contributed by atoms with E-state index in [2.05, 4.69) is 17.0 Å². The molecule has 0 radical (unpaired) electrons. The second-order valence-electron chi connectivity index (χ2n) is 6.10. The zero-order valence-corrected chi connectivity index (χ0v) is 14.6. The van der Waals surface area contributed by atoms with Crippen LogP contribution in [0, 0.1) is 17.7 Å². The largest absolute Gasteiger partial charge is 0.387 e. The van der Waals surface area contributed by atoms with Crippen LogP contribution in [0.3, 0.4) is 0 Å². The molecule has 0 spiro atoms. The molecule has 2 aromatic rings. The van der Waals surface area contributed by atoms with Gasteiger partial charge in [-0.1, -0.05) is 41.3 Å². The number of hydrogen-bond donors (Lipinski definition) is 2. The molecule has 1 aliphatic heterocycles. The number of hydrogen-bond acceptors (Lipinski definition) is 4. The molecule has 3 rings (SSSR count). The molecular weight excluding hydrogens is 349 g/mol. The molecule has 138 valence electrons. The lowest BCUT2D eigenvalue weighted by atomic mass is 9.99. The van der Waals surface area contributed by atoms with Gasteiger partial charge in [-0.25, -0.2) is 9.18 Å². The van der Waals surface area contributed by atoms with Crippen LogP contribution in [0.15, 0.2) is 53.7 Å². The van der Waals surface area contributed by atoms with E-state index in [1.165, 1.54) is 12.1 Å². The van der Waals surface area contributed by atoms with Crippen molar-refractivity contribution >= 4 is 11.7 Å². The lowest BCUT2D eigenvalue weighted by molar-refractivity contribution is -0.0536. The predicted molar refractivity (Wildman–Crippen MR) is 97.4 cm³/mol. The van der Waals surface area contributed by atoms with Gasteiger partial charge in [0.1, 0.15) is 11.9 Å². The van der Waals surface area contributed by atoms with Gasteiger partial charge in [-0.3, -0.25) is 5.21 Å². The zero-order valence-electron chi connectivity index (χ0n) is 14.6. The minimum atomic E-state index is -0.963. The molecule has 6 nitrogen and oxygen atoms in total. The zero-order chi connectivity index (χ0) is 19.4. The van der Waals surface area contributed by atoms with E-state index in [0.717, 1.165) is 16.8 Å². The third-order valence-corrected chi connectivity index (χ3v) is 4.12. The maximum atomic E-state index is 13.1. The molecule has 27 heavy (non-hydrogen) atoms. The number of benzene rings is 2.